The second kappa shape index (κ2) is 6.62. The molecule has 0 aliphatic heterocycles. The van der Waals surface area contributed by atoms with Gasteiger partial charge in [-0.25, -0.2) is 13.2 Å². The molecule has 1 aromatic heterocycles. The fraction of sp³-hybridized carbons (Fsp3) is 0.143. The van der Waals surface area contributed by atoms with Crippen LogP contribution in [0, 0.1) is 10.1 Å². The highest BCUT2D eigenvalue weighted by molar-refractivity contribution is 7.92. The number of hydrogen-bond donors (Lipinski definition) is 1. The van der Waals surface area contributed by atoms with Crippen molar-refractivity contribution < 1.29 is 23.2 Å². The predicted octanol–water partition coefficient (Wildman–Crippen LogP) is 1.90. The summed E-state index contributed by atoms with van der Waals surface area (Å²) < 4.78 is 26.4. The van der Waals surface area contributed by atoms with Gasteiger partial charge >= 0.3 is 5.97 Å². The molecule has 126 valence electrons. The Balaban J connectivity index is 2.53. The van der Waals surface area contributed by atoms with Crippen molar-refractivity contribution in [3.8, 4) is 0 Å². The summed E-state index contributed by atoms with van der Waals surface area (Å²) in [6.07, 6.45) is 2.31. The van der Waals surface area contributed by atoms with Crippen LogP contribution in [0.5, 0.6) is 0 Å². The summed E-state index contributed by atoms with van der Waals surface area (Å²) >= 11 is 0. The van der Waals surface area contributed by atoms with Crippen LogP contribution in [0.25, 0.3) is 0 Å². The van der Waals surface area contributed by atoms with Crippen LogP contribution < -0.4 is 4.31 Å². The normalized spacial score (nSPS) is 11.0. The third-order valence-electron chi connectivity index (χ3n) is 3.16. The van der Waals surface area contributed by atoms with E-state index in [-0.39, 0.29) is 28.4 Å². The van der Waals surface area contributed by atoms with Gasteiger partial charge in [-0.2, -0.15) is 0 Å². The van der Waals surface area contributed by atoms with Gasteiger partial charge in [0.2, 0.25) is 0 Å². The molecule has 2 rings (SSSR count). The molecule has 10 heteroatoms. The van der Waals surface area contributed by atoms with Crippen molar-refractivity contribution in [3.05, 3.63) is 58.4 Å². The Labute approximate surface area is 137 Å². The zero-order valence-electron chi connectivity index (χ0n) is 12.5. The van der Waals surface area contributed by atoms with Gasteiger partial charge in [0, 0.05) is 24.9 Å². The van der Waals surface area contributed by atoms with E-state index in [0.717, 1.165) is 16.6 Å². The largest absolute Gasteiger partial charge is 0.478 e. The summed E-state index contributed by atoms with van der Waals surface area (Å²) in [6.45, 7) is 1.55. The number of aromatic nitrogens is 1. The second-order valence-corrected chi connectivity index (χ2v) is 6.52. The van der Waals surface area contributed by atoms with E-state index in [1.54, 1.807) is 6.92 Å². The van der Waals surface area contributed by atoms with Gasteiger partial charge in [0.05, 0.1) is 27.3 Å². The molecule has 24 heavy (non-hydrogen) atoms. The molecule has 0 amide bonds. The lowest BCUT2D eigenvalue weighted by Gasteiger charge is -2.22. The molecule has 1 aromatic carbocycles. The van der Waals surface area contributed by atoms with E-state index in [9.17, 15) is 23.3 Å². The van der Waals surface area contributed by atoms with Crippen LogP contribution in [0.2, 0.25) is 0 Å². The van der Waals surface area contributed by atoms with Gasteiger partial charge in [-0.1, -0.05) is 6.07 Å². The van der Waals surface area contributed by atoms with Crippen molar-refractivity contribution in [1.29, 1.82) is 0 Å². The minimum Gasteiger partial charge on any atom is -0.478 e. The highest BCUT2D eigenvalue weighted by Crippen LogP contribution is 2.25. The van der Waals surface area contributed by atoms with Crippen molar-refractivity contribution in [1.82, 2.24) is 4.98 Å². The summed E-state index contributed by atoms with van der Waals surface area (Å²) in [5, 5.41) is 19.8. The number of rotatable bonds is 6. The van der Waals surface area contributed by atoms with Gasteiger partial charge in [0.25, 0.3) is 15.7 Å². The number of nitrogens with zero attached hydrogens (tertiary/aromatic N) is 3. The molecule has 0 saturated heterocycles. The fourth-order valence-corrected chi connectivity index (χ4v) is 3.55. The van der Waals surface area contributed by atoms with Gasteiger partial charge in [-0.3, -0.25) is 19.4 Å². The first kappa shape index (κ1) is 17.3. The number of carboxylic acids is 1. The Morgan fingerprint density at radius 2 is 2.04 bits per heavy atom. The Morgan fingerprint density at radius 1 is 1.33 bits per heavy atom. The summed E-state index contributed by atoms with van der Waals surface area (Å²) in [7, 11) is -4.11. The van der Waals surface area contributed by atoms with Gasteiger partial charge in [0.1, 0.15) is 0 Å². The Hall–Kier alpha value is -3.01. The van der Waals surface area contributed by atoms with Gasteiger partial charge < -0.3 is 5.11 Å². The molecule has 9 nitrogen and oxygen atoms in total. The fourth-order valence-electron chi connectivity index (χ4n) is 2.06. The van der Waals surface area contributed by atoms with E-state index in [0.29, 0.717) is 0 Å². The lowest BCUT2D eigenvalue weighted by molar-refractivity contribution is -0.385. The van der Waals surface area contributed by atoms with Gasteiger partial charge in [-0.15, -0.1) is 0 Å². The minimum absolute atomic E-state index is 0.00419. The molecule has 0 saturated carbocycles. The Kier molecular flexibility index (Phi) is 4.79. The lowest BCUT2D eigenvalue weighted by Crippen LogP contribution is -2.31. The molecule has 0 bridgehead atoms. The average Bonchev–Trinajstić information content (AvgIpc) is 2.55. The SMILES string of the molecule is CCN(c1cncc(C(=O)O)c1)S(=O)(=O)c1cccc([N+](=O)[O-])c1. The Morgan fingerprint density at radius 3 is 2.62 bits per heavy atom. The zero-order valence-corrected chi connectivity index (χ0v) is 13.3. The number of non-ortho nitro benzene ring substituents is 1. The number of pyridine rings is 1. The average molecular weight is 351 g/mol. The summed E-state index contributed by atoms with van der Waals surface area (Å²) in [5.74, 6) is -1.24. The van der Waals surface area contributed by atoms with Crippen LogP contribution in [0.1, 0.15) is 17.3 Å². The first-order valence-electron chi connectivity index (χ1n) is 6.73. The predicted molar refractivity (Wildman–Crippen MR) is 84.5 cm³/mol. The number of carboxylic acid groups (broad SMARTS) is 1. The first-order valence-corrected chi connectivity index (χ1v) is 8.17. The molecule has 2 aromatic rings. The quantitative estimate of drug-likeness (QED) is 0.621. The summed E-state index contributed by atoms with van der Waals surface area (Å²) in [5.41, 5.74) is -0.464. The monoisotopic (exact) mass is 351 g/mol. The molecule has 1 heterocycles. The van der Waals surface area contributed by atoms with Crippen LogP contribution in [0.4, 0.5) is 11.4 Å². The molecule has 0 fully saturated rings. The molecule has 1 N–H and O–H groups in total. The third kappa shape index (κ3) is 3.33. The molecule has 0 radical (unpaired) electrons. The number of benzene rings is 1. The number of nitro groups is 1. The number of nitro benzene ring substituents is 1. The van der Waals surface area contributed by atoms with E-state index < -0.39 is 20.9 Å². The molecular weight excluding hydrogens is 338 g/mol. The number of aromatic carboxylic acids is 1. The molecule has 0 atom stereocenters. The van der Waals surface area contributed by atoms with Crippen molar-refractivity contribution in [2.24, 2.45) is 0 Å². The van der Waals surface area contributed by atoms with Crippen molar-refractivity contribution in [2.75, 3.05) is 10.8 Å². The van der Waals surface area contributed by atoms with E-state index >= 15 is 0 Å². The number of sulfonamides is 1. The molecule has 0 aliphatic rings. The zero-order chi connectivity index (χ0) is 17.9. The van der Waals surface area contributed by atoms with Crippen LogP contribution in [0.3, 0.4) is 0 Å². The van der Waals surface area contributed by atoms with E-state index in [4.69, 9.17) is 5.11 Å². The molecule has 0 spiro atoms. The highest BCUT2D eigenvalue weighted by Gasteiger charge is 2.26. The summed E-state index contributed by atoms with van der Waals surface area (Å²) in [4.78, 5) is 24.6. The number of hydrogen-bond acceptors (Lipinski definition) is 6. The van der Waals surface area contributed by atoms with Crippen LogP contribution >= 0.6 is 0 Å². The molecule has 0 aliphatic carbocycles. The number of anilines is 1. The Bertz CT molecular complexity index is 897. The van der Waals surface area contributed by atoms with Crippen LogP contribution in [-0.2, 0) is 10.0 Å². The van der Waals surface area contributed by atoms with Crippen molar-refractivity contribution >= 4 is 27.4 Å². The van der Waals surface area contributed by atoms with Crippen molar-refractivity contribution in [3.63, 3.8) is 0 Å². The van der Waals surface area contributed by atoms with Crippen molar-refractivity contribution in [2.45, 2.75) is 11.8 Å². The first-order chi connectivity index (χ1) is 11.3. The standard InChI is InChI=1S/C14H13N3O6S/c1-2-16(12-6-10(14(18)19)8-15-9-12)24(22,23)13-5-3-4-11(7-13)17(20)21/h3-9H,2H2,1H3,(H,18,19). The van der Waals surface area contributed by atoms with E-state index in [1.807, 2.05) is 0 Å². The maximum atomic E-state index is 12.7. The maximum absolute atomic E-state index is 12.7. The highest BCUT2D eigenvalue weighted by atomic mass is 32.2. The van der Waals surface area contributed by atoms with E-state index in [1.165, 1.54) is 30.5 Å². The van der Waals surface area contributed by atoms with Crippen LogP contribution in [-0.4, -0.2) is 35.9 Å². The maximum Gasteiger partial charge on any atom is 0.337 e. The van der Waals surface area contributed by atoms with Gasteiger partial charge in [-0.05, 0) is 19.1 Å². The van der Waals surface area contributed by atoms with E-state index in [2.05, 4.69) is 4.98 Å². The summed E-state index contributed by atoms with van der Waals surface area (Å²) in [6, 6.07) is 5.81. The topological polar surface area (TPSA) is 131 Å². The lowest BCUT2D eigenvalue weighted by atomic mass is 10.2. The van der Waals surface area contributed by atoms with Crippen LogP contribution in [0.15, 0.2) is 47.6 Å². The molecular formula is C14H13N3O6S. The second-order valence-electron chi connectivity index (χ2n) is 4.66. The smallest absolute Gasteiger partial charge is 0.337 e. The van der Waals surface area contributed by atoms with Gasteiger partial charge in [0.15, 0.2) is 0 Å². The third-order valence-corrected chi connectivity index (χ3v) is 5.06. The number of carbonyl (C=O) groups is 1. The minimum atomic E-state index is -4.11. The molecule has 0 unspecified atom stereocenters.